The topological polar surface area (TPSA) is 27.6 Å². The Hall–Kier alpha value is -1.06. The van der Waals surface area contributed by atoms with Crippen LogP contribution in [0.4, 0.5) is 0 Å². The van der Waals surface area contributed by atoms with Gasteiger partial charge in [-0.05, 0) is 45.7 Å². The van der Waals surface area contributed by atoms with Crippen molar-refractivity contribution in [1.29, 1.82) is 0 Å². The Kier molecular flexibility index (Phi) is 11.6. The van der Waals surface area contributed by atoms with Crippen LogP contribution in [0.2, 0.25) is 0 Å². The number of nitrogens with zero attached hydrogens (tertiary/aromatic N) is 2. The van der Waals surface area contributed by atoms with Gasteiger partial charge in [0.1, 0.15) is 0 Å². The molecule has 0 heterocycles. The van der Waals surface area contributed by atoms with E-state index in [4.69, 9.17) is 16.7 Å². The van der Waals surface area contributed by atoms with Crippen LogP contribution in [0.3, 0.4) is 0 Å². The van der Waals surface area contributed by atoms with Gasteiger partial charge in [0.05, 0.1) is 6.54 Å². The van der Waals surface area contributed by atoms with E-state index < -0.39 is 0 Å². The molecule has 0 aliphatic heterocycles. The second-order valence-electron chi connectivity index (χ2n) is 6.25. The van der Waals surface area contributed by atoms with Gasteiger partial charge in [-0.25, -0.2) is 0 Å². The Balaban J connectivity index is 2.71. The van der Waals surface area contributed by atoms with Crippen LogP contribution in [-0.2, 0) is 0 Å². The Morgan fingerprint density at radius 3 is 2.62 bits per heavy atom. The van der Waals surface area contributed by atoms with E-state index in [1.54, 1.807) is 0 Å². The predicted octanol–water partition coefficient (Wildman–Crippen LogP) is 5.25. The van der Waals surface area contributed by atoms with Gasteiger partial charge in [-0.1, -0.05) is 62.1 Å². The molecular formula is C20H34ClN3. The van der Waals surface area contributed by atoms with E-state index in [0.717, 1.165) is 31.0 Å². The molecule has 0 aromatic carbocycles. The maximum Gasteiger partial charge on any atom is 0.0547 e. The summed E-state index contributed by atoms with van der Waals surface area (Å²) in [6.45, 7) is 6.00. The van der Waals surface area contributed by atoms with Crippen LogP contribution in [0.25, 0.3) is 0 Å². The molecule has 24 heavy (non-hydrogen) atoms. The number of hydrazone groups is 1. The van der Waals surface area contributed by atoms with Gasteiger partial charge < -0.3 is 5.32 Å². The summed E-state index contributed by atoms with van der Waals surface area (Å²) < 4.78 is 0. The van der Waals surface area contributed by atoms with Gasteiger partial charge in [-0.15, -0.1) is 0 Å². The van der Waals surface area contributed by atoms with E-state index >= 15 is 0 Å². The quantitative estimate of drug-likeness (QED) is 0.330. The standard InChI is InChI=1S/C20H34ClN3/c1-4-18(21)12-8-7-11-17-24(20-13-9-6-10-14-20)23-19(5-2)15-16-22-3/h4,7-8,11-12,20,22H,5-6,9-10,13-17H2,1-3H3/b11-7+,12-8-,18-4+,23-19+. The van der Waals surface area contributed by atoms with E-state index in [9.17, 15) is 0 Å². The monoisotopic (exact) mass is 351 g/mol. The van der Waals surface area contributed by atoms with Crippen LogP contribution in [0.15, 0.2) is 40.5 Å². The molecule has 0 aromatic heterocycles. The molecule has 1 rings (SSSR count). The molecule has 136 valence electrons. The Bertz CT molecular complexity index is 446. The molecule has 0 bridgehead atoms. The number of halogens is 1. The number of rotatable bonds is 10. The molecule has 1 aliphatic rings. The summed E-state index contributed by atoms with van der Waals surface area (Å²) >= 11 is 5.97. The normalized spacial score (nSPS) is 18.0. The van der Waals surface area contributed by atoms with Crippen LogP contribution in [-0.4, -0.2) is 36.9 Å². The SMILES string of the molecule is C\C=C(Cl)/C=C\C=C\CN(/N=C(\CC)CCNC)C1CCCCC1. The molecule has 1 N–H and O–H groups in total. The van der Waals surface area contributed by atoms with Crippen LogP contribution in [0.1, 0.15) is 58.8 Å². The zero-order valence-corrected chi connectivity index (χ0v) is 16.4. The Morgan fingerprint density at radius 1 is 1.25 bits per heavy atom. The highest BCUT2D eigenvalue weighted by atomic mass is 35.5. The largest absolute Gasteiger partial charge is 0.319 e. The van der Waals surface area contributed by atoms with Crippen LogP contribution < -0.4 is 5.32 Å². The summed E-state index contributed by atoms with van der Waals surface area (Å²) in [5.41, 5.74) is 1.29. The third-order valence-corrected chi connectivity index (χ3v) is 4.75. The third kappa shape index (κ3) is 8.70. The first-order valence-electron chi connectivity index (χ1n) is 9.33. The highest BCUT2D eigenvalue weighted by Gasteiger charge is 2.19. The summed E-state index contributed by atoms with van der Waals surface area (Å²) in [5, 5.41) is 11.3. The van der Waals surface area contributed by atoms with Crippen molar-refractivity contribution >= 4 is 17.3 Å². The lowest BCUT2D eigenvalue weighted by Gasteiger charge is -2.32. The van der Waals surface area contributed by atoms with Gasteiger partial charge in [0.25, 0.3) is 0 Å². The fourth-order valence-electron chi connectivity index (χ4n) is 2.89. The number of hydrogen-bond acceptors (Lipinski definition) is 3. The average Bonchev–Trinajstić information content (AvgIpc) is 2.63. The van der Waals surface area contributed by atoms with Crippen molar-refractivity contribution in [2.75, 3.05) is 20.1 Å². The van der Waals surface area contributed by atoms with Gasteiger partial charge in [0, 0.05) is 23.3 Å². The first-order valence-corrected chi connectivity index (χ1v) is 9.71. The third-order valence-electron chi connectivity index (χ3n) is 4.41. The van der Waals surface area contributed by atoms with E-state index in [1.807, 2.05) is 32.2 Å². The van der Waals surface area contributed by atoms with E-state index in [0.29, 0.717) is 6.04 Å². The molecule has 1 fully saturated rings. The lowest BCUT2D eigenvalue weighted by Crippen LogP contribution is -2.34. The lowest BCUT2D eigenvalue weighted by molar-refractivity contribution is 0.178. The molecule has 0 spiro atoms. The Morgan fingerprint density at radius 2 is 2.00 bits per heavy atom. The zero-order chi connectivity index (χ0) is 17.6. The molecule has 0 radical (unpaired) electrons. The van der Waals surface area contributed by atoms with Crippen LogP contribution >= 0.6 is 11.6 Å². The fourth-order valence-corrected chi connectivity index (χ4v) is 2.96. The minimum atomic E-state index is 0.586. The van der Waals surface area contributed by atoms with Gasteiger partial charge >= 0.3 is 0 Å². The van der Waals surface area contributed by atoms with Crippen molar-refractivity contribution in [2.24, 2.45) is 5.10 Å². The molecule has 1 saturated carbocycles. The Labute approximate surface area is 153 Å². The fraction of sp³-hybridized carbons (Fsp3) is 0.650. The smallest absolute Gasteiger partial charge is 0.0547 e. The summed E-state index contributed by atoms with van der Waals surface area (Å²) in [5.74, 6) is 0. The number of nitrogens with one attached hydrogen (secondary N) is 1. The predicted molar refractivity (Wildman–Crippen MR) is 108 cm³/mol. The second-order valence-corrected chi connectivity index (χ2v) is 6.68. The molecule has 1 aliphatic carbocycles. The van der Waals surface area contributed by atoms with Crippen molar-refractivity contribution in [3.05, 3.63) is 35.4 Å². The number of hydrogen-bond donors (Lipinski definition) is 1. The summed E-state index contributed by atoms with van der Waals surface area (Å²) in [6.07, 6.45) is 18.6. The zero-order valence-electron chi connectivity index (χ0n) is 15.6. The highest BCUT2D eigenvalue weighted by Crippen LogP contribution is 2.23. The average molecular weight is 352 g/mol. The molecule has 0 amide bonds. The summed E-state index contributed by atoms with van der Waals surface area (Å²) in [7, 11) is 2.00. The molecule has 0 unspecified atom stereocenters. The maximum absolute atomic E-state index is 5.97. The van der Waals surface area contributed by atoms with Crippen molar-refractivity contribution < 1.29 is 0 Å². The van der Waals surface area contributed by atoms with Crippen molar-refractivity contribution in [3.8, 4) is 0 Å². The summed E-state index contributed by atoms with van der Waals surface area (Å²) in [4.78, 5) is 0. The molecule has 3 nitrogen and oxygen atoms in total. The number of allylic oxidation sites excluding steroid dienone is 5. The van der Waals surface area contributed by atoms with Crippen LogP contribution in [0, 0.1) is 0 Å². The van der Waals surface area contributed by atoms with Crippen LogP contribution in [0.5, 0.6) is 0 Å². The van der Waals surface area contributed by atoms with Gasteiger partial charge in [0.2, 0.25) is 0 Å². The van der Waals surface area contributed by atoms with E-state index in [2.05, 4.69) is 29.4 Å². The molecule has 0 atom stereocenters. The van der Waals surface area contributed by atoms with Gasteiger partial charge in [-0.2, -0.15) is 5.10 Å². The molecular weight excluding hydrogens is 318 g/mol. The molecule has 0 aromatic rings. The highest BCUT2D eigenvalue weighted by molar-refractivity contribution is 6.31. The van der Waals surface area contributed by atoms with Gasteiger partial charge in [-0.3, -0.25) is 5.01 Å². The first-order chi connectivity index (χ1) is 11.7. The maximum atomic E-state index is 5.97. The van der Waals surface area contributed by atoms with Crippen molar-refractivity contribution in [2.45, 2.75) is 64.8 Å². The lowest BCUT2D eigenvalue weighted by atomic mass is 9.95. The minimum Gasteiger partial charge on any atom is -0.319 e. The molecule has 0 saturated heterocycles. The second kappa shape index (κ2) is 13.3. The van der Waals surface area contributed by atoms with Crippen molar-refractivity contribution in [3.63, 3.8) is 0 Å². The first kappa shape index (κ1) is 21.0. The minimum absolute atomic E-state index is 0.586. The van der Waals surface area contributed by atoms with E-state index in [1.165, 1.54) is 37.8 Å². The van der Waals surface area contributed by atoms with E-state index in [-0.39, 0.29) is 0 Å². The van der Waals surface area contributed by atoms with Gasteiger partial charge in [0.15, 0.2) is 0 Å². The molecule has 4 heteroatoms. The van der Waals surface area contributed by atoms with Crippen molar-refractivity contribution in [1.82, 2.24) is 10.3 Å². The summed E-state index contributed by atoms with van der Waals surface area (Å²) in [6, 6.07) is 0.586.